The molecule has 1 aromatic heterocycles. The Morgan fingerprint density at radius 3 is 2.21 bits per heavy atom. The van der Waals surface area contributed by atoms with Crippen molar-refractivity contribution in [3.05, 3.63) is 93.3 Å². The molecule has 0 bridgehead atoms. The molecule has 1 heterocycles. The summed E-state index contributed by atoms with van der Waals surface area (Å²) < 4.78 is 6.13. The predicted molar refractivity (Wildman–Crippen MR) is 135 cm³/mol. The Labute approximate surface area is 196 Å². The Balaban J connectivity index is 2.13. The second-order valence-electron chi connectivity index (χ2n) is 8.69. The van der Waals surface area contributed by atoms with E-state index < -0.39 is 0 Å². The maximum absolute atomic E-state index is 9.49. The summed E-state index contributed by atoms with van der Waals surface area (Å²) in [5, 5.41) is 19.2. The lowest BCUT2D eigenvalue weighted by molar-refractivity contribution is 0.200. The molecule has 4 aromatic rings. The van der Waals surface area contributed by atoms with Gasteiger partial charge in [0.05, 0.1) is 12.8 Å². The van der Waals surface area contributed by atoms with Crippen LogP contribution in [-0.2, 0) is 12.8 Å². The largest absolute Gasteiger partial charge is 0.491 e. The second-order valence-corrected chi connectivity index (χ2v) is 8.69. The van der Waals surface area contributed by atoms with Crippen LogP contribution in [0.1, 0.15) is 64.3 Å². The first kappa shape index (κ1) is 23.1. The molecule has 0 saturated carbocycles. The molecule has 2 N–H and O–H groups in total. The highest BCUT2D eigenvalue weighted by Gasteiger charge is 2.29. The molecule has 0 fully saturated rings. The molecular weight excluding hydrogens is 408 g/mol. The SMILES string of the molecule is CCc1c(C)c(CC)c(C)c(C(c2cn[nH]c2)c2c(OCCO)ccc3ccccc23)c1C. The molecule has 4 heteroatoms. The average molecular weight is 443 g/mol. The van der Waals surface area contributed by atoms with Crippen LogP contribution in [0.4, 0.5) is 0 Å². The van der Waals surface area contributed by atoms with Crippen molar-refractivity contribution in [1.29, 1.82) is 0 Å². The van der Waals surface area contributed by atoms with Crippen molar-refractivity contribution in [2.45, 2.75) is 53.4 Å². The lowest BCUT2D eigenvalue weighted by atomic mass is 9.75. The number of rotatable bonds is 8. The van der Waals surface area contributed by atoms with E-state index in [-0.39, 0.29) is 19.1 Å². The highest BCUT2D eigenvalue weighted by Crippen LogP contribution is 2.45. The van der Waals surface area contributed by atoms with Gasteiger partial charge in [0.2, 0.25) is 0 Å². The van der Waals surface area contributed by atoms with Gasteiger partial charge in [-0.25, -0.2) is 0 Å². The first-order chi connectivity index (χ1) is 16.0. The minimum absolute atomic E-state index is 0.0226. The van der Waals surface area contributed by atoms with Crippen LogP contribution in [0.3, 0.4) is 0 Å². The number of benzene rings is 3. The van der Waals surface area contributed by atoms with Gasteiger partial charge in [-0.15, -0.1) is 0 Å². The number of hydrogen-bond acceptors (Lipinski definition) is 3. The maximum atomic E-state index is 9.49. The first-order valence-corrected chi connectivity index (χ1v) is 11.9. The van der Waals surface area contributed by atoms with Crippen LogP contribution in [0.2, 0.25) is 0 Å². The normalized spacial score (nSPS) is 12.3. The molecule has 0 amide bonds. The molecule has 0 aliphatic carbocycles. The summed E-state index contributed by atoms with van der Waals surface area (Å²) in [6, 6.07) is 12.6. The van der Waals surface area contributed by atoms with E-state index >= 15 is 0 Å². The molecule has 0 radical (unpaired) electrons. The van der Waals surface area contributed by atoms with E-state index in [2.05, 4.69) is 75.1 Å². The number of aromatic amines is 1. The van der Waals surface area contributed by atoms with Crippen LogP contribution in [0.15, 0.2) is 48.8 Å². The summed E-state index contributed by atoms with van der Waals surface area (Å²) in [6.07, 6.45) is 5.93. The number of H-pyrrole nitrogens is 1. The van der Waals surface area contributed by atoms with E-state index in [0.717, 1.165) is 35.1 Å². The Morgan fingerprint density at radius 2 is 1.61 bits per heavy atom. The molecule has 4 rings (SSSR count). The third kappa shape index (κ3) is 4.04. The number of hydrogen-bond donors (Lipinski definition) is 2. The standard InChI is InChI=1S/C29H34N2O2/c1-6-23-18(3)24(7-2)20(5)27(19(23)4)28(22-16-30-31-17-22)29-25-11-9-8-10-21(25)12-13-26(29)33-15-14-32/h8-13,16-17,28,32H,6-7,14-15H2,1-5H3,(H,30,31). The highest BCUT2D eigenvalue weighted by atomic mass is 16.5. The Bertz CT molecular complexity index is 1230. The van der Waals surface area contributed by atoms with Gasteiger partial charge in [-0.05, 0) is 83.8 Å². The fraction of sp³-hybridized carbons (Fsp3) is 0.345. The fourth-order valence-corrected chi connectivity index (χ4v) is 5.60. The van der Waals surface area contributed by atoms with E-state index in [9.17, 15) is 5.11 Å². The zero-order chi connectivity index (χ0) is 23.5. The summed E-state index contributed by atoms with van der Waals surface area (Å²) in [6.45, 7) is 11.5. The van der Waals surface area contributed by atoms with Crippen molar-refractivity contribution in [1.82, 2.24) is 10.2 Å². The number of ether oxygens (including phenoxy) is 1. The van der Waals surface area contributed by atoms with Crippen molar-refractivity contribution in [2.75, 3.05) is 13.2 Å². The Kier molecular flexibility index (Phi) is 6.85. The zero-order valence-corrected chi connectivity index (χ0v) is 20.3. The first-order valence-electron chi connectivity index (χ1n) is 11.9. The van der Waals surface area contributed by atoms with Gasteiger partial charge in [0.1, 0.15) is 12.4 Å². The minimum atomic E-state index is -0.0419. The van der Waals surface area contributed by atoms with Gasteiger partial charge in [0.25, 0.3) is 0 Å². The van der Waals surface area contributed by atoms with Crippen molar-refractivity contribution < 1.29 is 9.84 Å². The molecule has 1 atom stereocenters. The monoisotopic (exact) mass is 442 g/mol. The molecule has 0 spiro atoms. The highest BCUT2D eigenvalue weighted by molar-refractivity contribution is 5.89. The van der Waals surface area contributed by atoms with Gasteiger partial charge >= 0.3 is 0 Å². The molecule has 0 aliphatic heterocycles. The smallest absolute Gasteiger partial charge is 0.124 e. The van der Waals surface area contributed by atoms with Gasteiger partial charge in [-0.2, -0.15) is 5.10 Å². The number of aliphatic hydroxyl groups is 1. The fourth-order valence-electron chi connectivity index (χ4n) is 5.60. The Morgan fingerprint density at radius 1 is 0.909 bits per heavy atom. The topological polar surface area (TPSA) is 58.1 Å². The van der Waals surface area contributed by atoms with Crippen LogP contribution in [0.25, 0.3) is 10.8 Å². The van der Waals surface area contributed by atoms with E-state index in [0.29, 0.717) is 0 Å². The molecule has 33 heavy (non-hydrogen) atoms. The van der Waals surface area contributed by atoms with Crippen LogP contribution in [0.5, 0.6) is 5.75 Å². The number of nitrogens with one attached hydrogen (secondary N) is 1. The summed E-state index contributed by atoms with van der Waals surface area (Å²) >= 11 is 0. The van der Waals surface area contributed by atoms with E-state index in [1.54, 1.807) is 0 Å². The number of nitrogens with zero attached hydrogens (tertiary/aromatic N) is 1. The number of aliphatic hydroxyl groups excluding tert-OH is 1. The molecule has 1 unspecified atom stereocenters. The van der Waals surface area contributed by atoms with Crippen LogP contribution < -0.4 is 4.74 Å². The summed E-state index contributed by atoms with van der Waals surface area (Å²) in [7, 11) is 0. The quantitative estimate of drug-likeness (QED) is 0.343. The average Bonchev–Trinajstić information content (AvgIpc) is 3.35. The van der Waals surface area contributed by atoms with Gasteiger partial charge in [0.15, 0.2) is 0 Å². The van der Waals surface area contributed by atoms with E-state index in [1.165, 1.54) is 38.8 Å². The molecule has 4 nitrogen and oxygen atoms in total. The minimum Gasteiger partial charge on any atom is -0.491 e. The third-order valence-corrected chi connectivity index (χ3v) is 7.04. The van der Waals surface area contributed by atoms with Crippen LogP contribution >= 0.6 is 0 Å². The summed E-state index contributed by atoms with van der Waals surface area (Å²) in [5.41, 5.74) is 10.5. The molecule has 172 valence electrons. The van der Waals surface area contributed by atoms with E-state index in [4.69, 9.17) is 4.74 Å². The number of aromatic nitrogens is 2. The van der Waals surface area contributed by atoms with Gasteiger partial charge in [0, 0.05) is 23.2 Å². The number of fused-ring (bicyclic) bond motifs is 1. The molecule has 0 aliphatic rings. The lowest BCUT2D eigenvalue weighted by Gasteiger charge is -2.29. The van der Waals surface area contributed by atoms with E-state index in [1.807, 2.05) is 18.5 Å². The van der Waals surface area contributed by atoms with Crippen LogP contribution in [-0.4, -0.2) is 28.5 Å². The van der Waals surface area contributed by atoms with Crippen molar-refractivity contribution in [2.24, 2.45) is 0 Å². The maximum Gasteiger partial charge on any atom is 0.124 e. The third-order valence-electron chi connectivity index (χ3n) is 7.04. The summed E-state index contributed by atoms with van der Waals surface area (Å²) in [4.78, 5) is 0. The molecule has 0 saturated heterocycles. The van der Waals surface area contributed by atoms with Crippen molar-refractivity contribution >= 4 is 10.8 Å². The van der Waals surface area contributed by atoms with Crippen molar-refractivity contribution in [3.8, 4) is 5.75 Å². The second kappa shape index (κ2) is 9.80. The van der Waals surface area contributed by atoms with Crippen molar-refractivity contribution in [3.63, 3.8) is 0 Å². The van der Waals surface area contributed by atoms with Gasteiger partial charge in [-0.1, -0.05) is 44.2 Å². The molecular formula is C29H34N2O2. The predicted octanol–water partition coefficient (Wildman–Crippen LogP) is 6.16. The van der Waals surface area contributed by atoms with Crippen LogP contribution in [0, 0.1) is 20.8 Å². The van der Waals surface area contributed by atoms with Gasteiger partial charge < -0.3 is 9.84 Å². The van der Waals surface area contributed by atoms with Gasteiger partial charge in [-0.3, -0.25) is 5.10 Å². The summed E-state index contributed by atoms with van der Waals surface area (Å²) in [5.74, 6) is 0.768. The molecule has 3 aromatic carbocycles. The Hall–Kier alpha value is -3.11. The lowest BCUT2D eigenvalue weighted by Crippen LogP contribution is -2.15. The zero-order valence-electron chi connectivity index (χ0n) is 20.3.